The first kappa shape index (κ1) is 15.8. The minimum absolute atomic E-state index is 0.200. The van der Waals surface area contributed by atoms with Gasteiger partial charge in [-0.3, -0.25) is 14.6 Å². The summed E-state index contributed by atoms with van der Waals surface area (Å²) in [4.78, 5) is 15.5. The third kappa shape index (κ3) is 4.74. The molecule has 2 aliphatic rings. The molecule has 1 aliphatic heterocycles. The summed E-state index contributed by atoms with van der Waals surface area (Å²) in [6, 6.07) is 0.724. The average Bonchev–Trinajstić information content (AvgIpc) is 2.67. The van der Waals surface area contributed by atoms with E-state index in [0.717, 1.165) is 38.6 Å². The van der Waals surface area contributed by atoms with Crippen LogP contribution in [0, 0.1) is 5.41 Å². The topological polar surface area (TPSA) is 43.8 Å². The molecule has 2 fully saturated rings. The number of aliphatic carboxylic acids is 1. The van der Waals surface area contributed by atoms with Gasteiger partial charge in [-0.25, -0.2) is 0 Å². The van der Waals surface area contributed by atoms with Crippen LogP contribution in [-0.2, 0) is 4.79 Å². The fourth-order valence-electron chi connectivity index (χ4n) is 3.71. The SMILES string of the molecule is CC1(C)CCCC(N2CCCN(CC(=O)O)CC2)CC1. The molecule has 0 aromatic rings. The highest BCUT2D eigenvalue weighted by Gasteiger charge is 2.28. The van der Waals surface area contributed by atoms with E-state index in [9.17, 15) is 4.79 Å². The van der Waals surface area contributed by atoms with Crippen molar-refractivity contribution >= 4 is 5.97 Å². The van der Waals surface area contributed by atoms with Crippen LogP contribution in [0.5, 0.6) is 0 Å². The molecular weight excluding hydrogens is 252 g/mol. The van der Waals surface area contributed by atoms with Crippen molar-refractivity contribution in [2.24, 2.45) is 5.41 Å². The Morgan fingerprint density at radius 3 is 2.65 bits per heavy atom. The van der Waals surface area contributed by atoms with Gasteiger partial charge in [0, 0.05) is 25.7 Å². The third-order valence-corrected chi connectivity index (χ3v) is 5.04. The van der Waals surface area contributed by atoms with Gasteiger partial charge in [-0.15, -0.1) is 0 Å². The van der Waals surface area contributed by atoms with Crippen molar-refractivity contribution in [3.63, 3.8) is 0 Å². The van der Waals surface area contributed by atoms with Crippen LogP contribution in [-0.4, -0.2) is 59.6 Å². The van der Waals surface area contributed by atoms with Crippen LogP contribution < -0.4 is 0 Å². The Kier molecular flexibility index (Phi) is 5.44. The summed E-state index contributed by atoms with van der Waals surface area (Å²) in [5.74, 6) is -0.699. The number of hydrogen-bond donors (Lipinski definition) is 1. The highest BCUT2D eigenvalue weighted by atomic mass is 16.4. The quantitative estimate of drug-likeness (QED) is 0.808. The fraction of sp³-hybridized carbons (Fsp3) is 0.938. The molecule has 1 atom stereocenters. The molecule has 1 aliphatic carbocycles. The Morgan fingerprint density at radius 1 is 1.10 bits per heavy atom. The maximum absolute atomic E-state index is 10.8. The molecule has 0 bridgehead atoms. The Labute approximate surface area is 123 Å². The standard InChI is InChI=1S/C16H30N2O2/c1-16(2)7-3-5-14(6-8-16)18-10-4-9-17(11-12-18)13-15(19)20/h14H,3-13H2,1-2H3,(H,19,20). The van der Waals surface area contributed by atoms with E-state index in [1.807, 2.05) is 0 Å². The van der Waals surface area contributed by atoms with Gasteiger partial charge >= 0.3 is 5.97 Å². The van der Waals surface area contributed by atoms with E-state index in [0.29, 0.717) is 5.41 Å². The second-order valence-corrected chi connectivity index (χ2v) is 7.31. The second-order valence-electron chi connectivity index (χ2n) is 7.31. The van der Waals surface area contributed by atoms with E-state index in [-0.39, 0.29) is 6.54 Å². The second kappa shape index (κ2) is 6.90. The highest BCUT2D eigenvalue weighted by molar-refractivity contribution is 5.69. The fourth-order valence-corrected chi connectivity index (χ4v) is 3.71. The largest absolute Gasteiger partial charge is 0.480 e. The van der Waals surface area contributed by atoms with Gasteiger partial charge in [0.05, 0.1) is 6.54 Å². The molecule has 4 nitrogen and oxygen atoms in total. The van der Waals surface area contributed by atoms with E-state index >= 15 is 0 Å². The Bertz CT molecular complexity index is 330. The number of rotatable bonds is 3. The van der Waals surface area contributed by atoms with Crippen LogP contribution in [0.25, 0.3) is 0 Å². The zero-order valence-corrected chi connectivity index (χ0v) is 13.1. The minimum atomic E-state index is -0.699. The number of carboxylic acid groups (broad SMARTS) is 1. The van der Waals surface area contributed by atoms with Gasteiger partial charge in [0.15, 0.2) is 0 Å². The van der Waals surface area contributed by atoms with Gasteiger partial charge in [0.1, 0.15) is 0 Å². The van der Waals surface area contributed by atoms with Crippen LogP contribution in [0.4, 0.5) is 0 Å². The third-order valence-electron chi connectivity index (χ3n) is 5.04. The Hall–Kier alpha value is -0.610. The van der Waals surface area contributed by atoms with E-state index in [4.69, 9.17) is 5.11 Å². The van der Waals surface area contributed by atoms with E-state index < -0.39 is 5.97 Å². The normalized spacial score (nSPS) is 29.6. The molecule has 20 heavy (non-hydrogen) atoms. The molecule has 0 aromatic carbocycles. The van der Waals surface area contributed by atoms with Crippen molar-refractivity contribution in [1.82, 2.24) is 9.80 Å². The van der Waals surface area contributed by atoms with Crippen LogP contribution in [0.2, 0.25) is 0 Å². The lowest BCUT2D eigenvalue weighted by Crippen LogP contribution is -2.39. The molecule has 0 amide bonds. The lowest BCUT2D eigenvalue weighted by atomic mass is 9.85. The first-order chi connectivity index (χ1) is 9.46. The van der Waals surface area contributed by atoms with Crippen LogP contribution in [0.15, 0.2) is 0 Å². The summed E-state index contributed by atoms with van der Waals surface area (Å²) in [7, 11) is 0. The average molecular weight is 282 g/mol. The molecule has 1 heterocycles. The zero-order valence-electron chi connectivity index (χ0n) is 13.1. The number of carboxylic acids is 1. The van der Waals surface area contributed by atoms with Gasteiger partial charge in [0.2, 0.25) is 0 Å². The predicted octanol–water partition coefficient (Wildman–Crippen LogP) is 2.44. The highest BCUT2D eigenvalue weighted by Crippen LogP contribution is 2.35. The Balaban J connectivity index is 1.85. The van der Waals surface area contributed by atoms with Crippen LogP contribution in [0.1, 0.15) is 52.4 Å². The van der Waals surface area contributed by atoms with Crippen LogP contribution >= 0.6 is 0 Å². The molecule has 1 unspecified atom stereocenters. The summed E-state index contributed by atoms with van der Waals surface area (Å²) in [5, 5.41) is 8.91. The van der Waals surface area contributed by atoms with Crippen molar-refractivity contribution in [1.29, 1.82) is 0 Å². The van der Waals surface area contributed by atoms with Crippen molar-refractivity contribution in [2.45, 2.75) is 58.4 Å². The first-order valence-electron chi connectivity index (χ1n) is 8.14. The van der Waals surface area contributed by atoms with Gasteiger partial charge in [-0.05, 0) is 44.1 Å². The van der Waals surface area contributed by atoms with Gasteiger partial charge in [-0.1, -0.05) is 20.3 Å². The molecule has 0 radical (unpaired) electrons. The molecule has 1 saturated carbocycles. The van der Waals surface area contributed by atoms with E-state index in [1.165, 1.54) is 32.1 Å². The molecule has 0 aromatic heterocycles. The number of hydrogen-bond acceptors (Lipinski definition) is 3. The Morgan fingerprint density at radius 2 is 1.90 bits per heavy atom. The molecule has 0 spiro atoms. The zero-order chi connectivity index (χ0) is 14.6. The maximum atomic E-state index is 10.8. The van der Waals surface area contributed by atoms with Gasteiger partial charge < -0.3 is 5.11 Å². The van der Waals surface area contributed by atoms with E-state index in [1.54, 1.807) is 0 Å². The predicted molar refractivity (Wildman–Crippen MR) is 80.9 cm³/mol. The van der Waals surface area contributed by atoms with Crippen molar-refractivity contribution in [3.05, 3.63) is 0 Å². The van der Waals surface area contributed by atoms with Gasteiger partial charge in [0.25, 0.3) is 0 Å². The molecule has 4 heteroatoms. The summed E-state index contributed by atoms with van der Waals surface area (Å²) in [5.41, 5.74) is 0.510. The van der Waals surface area contributed by atoms with Crippen LogP contribution in [0.3, 0.4) is 0 Å². The molecular formula is C16H30N2O2. The van der Waals surface area contributed by atoms with Crippen molar-refractivity contribution < 1.29 is 9.90 Å². The summed E-state index contributed by atoms with van der Waals surface area (Å²) < 4.78 is 0. The smallest absolute Gasteiger partial charge is 0.317 e. The monoisotopic (exact) mass is 282 g/mol. The summed E-state index contributed by atoms with van der Waals surface area (Å²) in [6.07, 6.45) is 7.75. The van der Waals surface area contributed by atoms with E-state index in [2.05, 4.69) is 23.6 Å². The van der Waals surface area contributed by atoms with Crippen molar-refractivity contribution in [3.8, 4) is 0 Å². The van der Waals surface area contributed by atoms with Crippen molar-refractivity contribution in [2.75, 3.05) is 32.7 Å². The first-order valence-corrected chi connectivity index (χ1v) is 8.14. The minimum Gasteiger partial charge on any atom is -0.480 e. The summed E-state index contributed by atoms with van der Waals surface area (Å²) in [6.45, 7) is 9.01. The molecule has 2 rings (SSSR count). The number of carbonyl (C=O) groups is 1. The summed E-state index contributed by atoms with van der Waals surface area (Å²) >= 11 is 0. The lowest BCUT2D eigenvalue weighted by Gasteiger charge is -2.30. The lowest BCUT2D eigenvalue weighted by molar-refractivity contribution is -0.138. The number of nitrogens with zero attached hydrogens (tertiary/aromatic N) is 2. The van der Waals surface area contributed by atoms with Gasteiger partial charge in [-0.2, -0.15) is 0 Å². The molecule has 1 N–H and O–H groups in total. The molecule has 116 valence electrons. The molecule has 1 saturated heterocycles. The maximum Gasteiger partial charge on any atom is 0.317 e.